The van der Waals surface area contributed by atoms with Gasteiger partial charge in [0.2, 0.25) is 0 Å². The second-order valence-electron chi connectivity index (χ2n) is 8.53. The zero-order valence-electron chi connectivity index (χ0n) is 17.4. The molecule has 0 saturated carbocycles. The number of nitrogens with zero attached hydrogens (tertiary/aromatic N) is 2. The summed E-state index contributed by atoms with van der Waals surface area (Å²) < 4.78 is 5.28. The molecule has 0 unspecified atom stereocenters. The summed E-state index contributed by atoms with van der Waals surface area (Å²) in [5.74, 6) is -0.895. The number of likely N-dealkylation sites (tertiary alicyclic amines) is 1. The molecule has 2 aliphatic heterocycles. The molecule has 9 heteroatoms. The molecule has 160 valence electrons. The van der Waals surface area contributed by atoms with Gasteiger partial charge in [-0.15, -0.1) is 0 Å². The fraction of sp³-hybridized carbons (Fsp3) is 0.842. The Morgan fingerprint density at radius 2 is 1.57 bits per heavy atom. The third-order valence-corrected chi connectivity index (χ3v) is 4.96. The molecule has 2 aliphatic rings. The average Bonchev–Trinajstić information content (AvgIpc) is 2.66. The van der Waals surface area contributed by atoms with Crippen LogP contribution in [-0.4, -0.2) is 92.2 Å². The Balaban J connectivity index is 1.58. The third kappa shape index (κ3) is 8.02. The summed E-state index contributed by atoms with van der Waals surface area (Å²) in [5, 5.41) is 8.35. The van der Waals surface area contributed by atoms with Crippen LogP contribution >= 0.6 is 0 Å². The molecule has 2 fully saturated rings. The summed E-state index contributed by atoms with van der Waals surface area (Å²) in [4.78, 5) is 40.0. The summed E-state index contributed by atoms with van der Waals surface area (Å²) in [7, 11) is 0. The van der Waals surface area contributed by atoms with Crippen molar-refractivity contribution in [2.45, 2.75) is 39.2 Å². The fourth-order valence-corrected chi connectivity index (χ4v) is 3.29. The number of carbonyl (C=O) groups excluding carboxylic acids is 3. The molecule has 0 bridgehead atoms. The predicted molar refractivity (Wildman–Crippen MR) is 106 cm³/mol. The van der Waals surface area contributed by atoms with Crippen molar-refractivity contribution in [1.29, 1.82) is 0 Å². The minimum atomic E-state index is -0.588. The lowest BCUT2D eigenvalue weighted by atomic mass is 9.97. The monoisotopic (exact) mass is 397 g/mol. The van der Waals surface area contributed by atoms with Gasteiger partial charge in [0.05, 0.1) is 13.2 Å². The van der Waals surface area contributed by atoms with Gasteiger partial charge in [0, 0.05) is 51.4 Å². The molecule has 28 heavy (non-hydrogen) atoms. The Labute approximate surface area is 167 Å². The summed E-state index contributed by atoms with van der Waals surface area (Å²) >= 11 is 0. The molecule has 9 nitrogen and oxygen atoms in total. The summed E-state index contributed by atoms with van der Waals surface area (Å²) in [6.07, 6.45) is 1.63. The minimum absolute atomic E-state index is 0.0466. The van der Waals surface area contributed by atoms with Crippen molar-refractivity contribution in [3.8, 4) is 0 Å². The van der Waals surface area contributed by atoms with E-state index in [0.29, 0.717) is 39.4 Å². The number of hydrogen-bond acceptors (Lipinski definition) is 5. The highest BCUT2D eigenvalue weighted by molar-refractivity contribution is 6.35. The largest absolute Gasteiger partial charge is 0.379 e. The number of ether oxygens (including phenoxy) is 1. The number of morpholine rings is 1. The summed E-state index contributed by atoms with van der Waals surface area (Å²) in [6.45, 7) is 12.0. The second-order valence-corrected chi connectivity index (χ2v) is 8.53. The first-order valence-electron chi connectivity index (χ1n) is 10.2. The lowest BCUT2D eigenvalue weighted by Crippen LogP contribution is -2.51. The maximum Gasteiger partial charge on any atom is 0.317 e. The topological polar surface area (TPSA) is 103 Å². The predicted octanol–water partition coefficient (Wildman–Crippen LogP) is -0.229. The molecule has 0 spiro atoms. The van der Waals surface area contributed by atoms with E-state index in [1.807, 2.05) is 25.7 Å². The Bertz CT molecular complexity index is 535. The highest BCUT2D eigenvalue weighted by atomic mass is 16.5. The fourth-order valence-electron chi connectivity index (χ4n) is 3.29. The third-order valence-electron chi connectivity index (χ3n) is 4.96. The molecule has 4 amide bonds. The lowest BCUT2D eigenvalue weighted by molar-refractivity contribution is -0.139. The van der Waals surface area contributed by atoms with Crippen LogP contribution in [0.25, 0.3) is 0 Å². The van der Waals surface area contributed by atoms with E-state index in [0.717, 1.165) is 32.5 Å². The molecule has 2 saturated heterocycles. The van der Waals surface area contributed by atoms with Gasteiger partial charge >= 0.3 is 17.8 Å². The first-order chi connectivity index (χ1) is 13.2. The van der Waals surface area contributed by atoms with Gasteiger partial charge in [0.1, 0.15) is 0 Å². The Kier molecular flexibility index (Phi) is 8.50. The number of nitrogens with one attached hydrogen (secondary N) is 3. The summed E-state index contributed by atoms with van der Waals surface area (Å²) in [5.41, 5.74) is -0.253. The molecular weight excluding hydrogens is 362 g/mol. The number of urea groups is 1. The smallest absolute Gasteiger partial charge is 0.317 e. The van der Waals surface area contributed by atoms with Gasteiger partial charge in [0.25, 0.3) is 0 Å². The molecule has 2 rings (SSSR count). The molecule has 0 aromatic rings. The van der Waals surface area contributed by atoms with Crippen LogP contribution in [0.3, 0.4) is 0 Å². The SMILES string of the molecule is CC(C)(C)NC(=O)N1CCC(CNC(=O)C(=O)NCCN2CCOCC2)CC1. The molecular formula is C19H35N5O4. The van der Waals surface area contributed by atoms with Gasteiger partial charge in [-0.2, -0.15) is 0 Å². The van der Waals surface area contributed by atoms with Crippen LogP contribution in [0, 0.1) is 5.92 Å². The van der Waals surface area contributed by atoms with E-state index in [-0.39, 0.29) is 17.5 Å². The van der Waals surface area contributed by atoms with Crippen LogP contribution < -0.4 is 16.0 Å². The standard InChI is InChI=1S/C19H35N5O4/c1-19(2,3)22-18(27)24-7-4-15(5-8-24)14-21-17(26)16(25)20-6-9-23-10-12-28-13-11-23/h15H,4-14H2,1-3H3,(H,20,25)(H,21,26)(H,22,27). The van der Waals surface area contributed by atoms with Crippen molar-refractivity contribution in [2.24, 2.45) is 5.92 Å². The van der Waals surface area contributed by atoms with E-state index in [1.165, 1.54) is 0 Å². The molecule has 0 aromatic carbocycles. The van der Waals surface area contributed by atoms with E-state index in [4.69, 9.17) is 4.74 Å². The summed E-state index contributed by atoms with van der Waals surface area (Å²) in [6, 6.07) is -0.0466. The van der Waals surface area contributed by atoms with Crippen molar-refractivity contribution >= 4 is 17.8 Å². The first-order valence-corrected chi connectivity index (χ1v) is 10.2. The maximum absolute atomic E-state index is 12.2. The average molecular weight is 398 g/mol. The van der Waals surface area contributed by atoms with Gasteiger partial charge in [-0.25, -0.2) is 4.79 Å². The van der Waals surface area contributed by atoms with Gasteiger partial charge in [-0.1, -0.05) is 0 Å². The van der Waals surface area contributed by atoms with Crippen LogP contribution in [0.5, 0.6) is 0 Å². The molecule has 0 aliphatic carbocycles. The van der Waals surface area contributed by atoms with Crippen molar-refractivity contribution in [3.63, 3.8) is 0 Å². The number of carbonyl (C=O) groups is 3. The second kappa shape index (κ2) is 10.6. The molecule has 0 atom stereocenters. The van der Waals surface area contributed by atoms with E-state index in [1.54, 1.807) is 0 Å². The molecule has 0 radical (unpaired) electrons. The maximum atomic E-state index is 12.2. The lowest BCUT2D eigenvalue weighted by Gasteiger charge is -2.34. The van der Waals surface area contributed by atoms with Crippen LogP contribution in [0.4, 0.5) is 4.79 Å². The first kappa shape index (κ1) is 22.4. The van der Waals surface area contributed by atoms with Gasteiger partial charge in [-0.3, -0.25) is 14.5 Å². The Morgan fingerprint density at radius 1 is 0.964 bits per heavy atom. The van der Waals surface area contributed by atoms with E-state index in [9.17, 15) is 14.4 Å². The van der Waals surface area contributed by atoms with Gasteiger partial charge < -0.3 is 25.6 Å². The molecule has 0 aromatic heterocycles. The van der Waals surface area contributed by atoms with Crippen molar-refractivity contribution in [1.82, 2.24) is 25.8 Å². The van der Waals surface area contributed by atoms with Gasteiger partial charge in [0.15, 0.2) is 0 Å². The quantitative estimate of drug-likeness (QED) is 0.556. The normalized spacial score (nSPS) is 19.2. The number of amides is 4. The van der Waals surface area contributed by atoms with E-state index >= 15 is 0 Å². The van der Waals surface area contributed by atoms with Crippen molar-refractivity contribution in [3.05, 3.63) is 0 Å². The number of rotatable bonds is 5. The zero-order chi connectivity index (χ0) is 20.6. The molecule has 3 N–H and O–H groups in total. The zero-order valence-corrected chi connectivity index (χ0v) is 17.4. The highest BCUT2D eigenvalue weighted by Crippen LogP contribution is 2.17. The van der Waals surface area contributed by atoms with Crippen LogP contribution in [0.15, 0.2) is 0 Å². The van der Waals surface area contributed by atoms with Crippen LogP contribution in [0.1, 0.15) is 33.6 Å². The van der Waals surface area contributed by atoms with E-state index in [2.05, 4.69) is 20.9 Å². The highest BCUT2D eigenvalue weighted by Gasteiger charge is 2.26. The number of hydrogen-bond donors (Lipinski definition) is 3. The Hall–Kier alpha value is -1.87. The van der Waals surface area contributed by atoms with E-state index < -0.39 is 11.8 Å². The number of piperidine rings is 1. The van der Waals surface area contributed by atoms with Crippen molar-refractivity contribution < 1.29 is 19.1 Å². The molecule has 2 heterocycles. The van der Waals surface area contributed by atoms with Crippen LogP contribution in [0.2, 0.25) is 0 Å². The Morgan fingerprint density at radius 3 is 2.18 bits per heavy atom. The van der Waals surface area contributed by atoms with Crippen molar-refractivity contribution in [2.75, 3.05) is 59.0 Å². The van der Waals surface area contributed by atoms with Crippen LogP contribution in [-0.2, 0) is 14.3 Å². The minimum Gasteiger partial charge on any atom is -0.379 e. The van der Waals surface area contributed by atoms with Gasteiger partial charge in [-0.05, 0) is 39.5 Å².